The van der Waals surface area contributed by atoms with Crippen LogP contribution in [-0.4, -0.2) is 132 Å². The number of allylic oxidation sites excluding steroid dienone is 6. The molecule has 14 heteroatoms. The van der Waals surface area contributed by atoms with E-state index in [4.69, 9.17) is 23.7 Å². The summed E-state index contributed by atoms with van der Waals surface area (Å²) in [6.07, 6.45) is 11.2. The van der Waals surface area contributed by atoms with Gasteiger partial charge in [0.25, 0.3) is 11.7 Å². The van der Waals surface area contributed by atoms with Gasteiger partial charge in [0.2, 0.25) is 5.79 Å². The van der Waals surface area contributed by atoms with Crippen LogP contribution in [0.1, 0.15) is 126 Å². The van der Waals surface area contributed by atoms with E-state index in [1.165, 1.54) is 12.0 Å². The van der Waals surface area contributed by atoms with E-state index in [2.05, 4.69) is 0 Å². The molecule has 1 aliphatic carbocycles. The molecule has 1 saturated carbocycles. The van der Waals surface area contributed by atoms with E-state index < -0.39 is 83.9 Å². The van der Waals surface area contributed by atoms with Crippen molar-refractivity contribution in [3.63, 3.8) is 0 Å². The number of cyclic esters (lactones) is 1. The summed E-state index contributed by atoms with van der Waals surface area (Å²) in [6, 6.07) is -1.14. The van der Waals surface area contributed by atoms with Gasteiger partial charge in [0.1, 0.15) is 30.1 Å². The SMILES string of the molecule is COC1CC(C[C@@H](C)[C@@H]2CC(=O)C(C)/C=C(\C)[C@@H](O)[C@@H](OC)C(=O)[C@H](C)CC(C)/C=C/C=C/C=C(\C)[C@@H](OC)C[C@@H]3CC[C@@H](C)[C@@](O)(O3)C(=O)C(=O)N3CCCCC3C(=O)O2)CCC1O. The van der Waals surface area contributed by atoms with Crippen LogP contribution in [0, 0.1) is 35.5 Å². The lowest BCUT2D eigenvalue weighted by Gasteiger charge is -2.42. The minimum Gasteiger partial charge on any atom is -0.460 e. The maximum Gasteiger partial charge on any atom is 0.329 e. The monoisotopic (exact) mass is 914 g/mol. The highest BCUT2D eigenvalue weighted by atomic mass is 16.6. The van der Waals surface area contributed by atoms with Crippen LogP contribution in [0.4, 0.5) is 0 Å². The molecule has 3 N–H and O–H groups in total. The van der Waals surface area contributed by atoms with Gasteiger partial charge < -0.3 is 43.9 Å². The molecule has 0 aromatic heterocycles. The number of carbonyl (C=O) groups is 5. The molecule has 15 atom stereocenters. The van der Waals surface area contributed by atoms with Crippen molar-refractivity contribution < 1.29 is 63.0 Å². The lowest BCUT2D eigenvalue weighted by molar-refractivity contribution is -0.265. The first-order valence-corrected chi connectivity index (χ1v) is 23.9. The highest BCUT2D eigenvalue weighted by Gasteiger charge is 2.53. The molecule has 0 aromatic carbocycles. The molecule has 3 aliphatic heterocycles. The average molecular weight is 914 g/mol. The Kier molecular flexibility index (Phi) is 21.0. The van der Waals surface area contributed by atoms with Gasteiger partial charge in [-0.1, -0.05) is 71.1 Å². The van der Waals surface area contributed by atoms with E-state index in [1.54, 1.807) is 41.1 Å². The fourth-order valence-electron chi connectivity index (χ4n) is 10.1. The average Bonchev–Trinajstić information content (AvgIpc) is 3.28. The van der Waals surface area contributed by atoms with Crippen LogP contribution in [0.15, 0.2) is 47.6 Å². The number of piperidine rings is 1. The zero-order valence-electron chi connectivity index (χ0n) is 40.6. The van der Waals surface area contributed by atoms with Crippen LogP contribution >= 0.6 is 0 Å². The third kappa shape index (κ3) is 14.3. The summed E-state index contributed by atoms with van der Waals surface area (Å²) in [4.78, 5) is 71.8. The molecule has 3 heterocycles. The predicted octanol–water partition coefficient (Wildman–Crippen LogP) is 6.18. The minimum absolute atomic E-state index is 0.0193. The Morgan fingerprint density at radius 2 is 1.57 bits per heavy atom. The molecule has 0 radical (unpaired) electrons. The number of Topliss-reactive ketones (excluding diaryl/α,β-unsaturated/α-hetero) is 3. The first-order chi connectivity index (χ1) is 30.7. The van der Waals surface area contributed by atoms with Crippen molar-refractivity contribution in [2.75, 3.05) is 27.9 Å². The topological polar surface area (TPSA) is 195 Å². The maximum atomic E-state index is 14.4. The molecule has 14 nitrogen and oxygen atoms in total. The highest BCUT2D eigenvalue weighted by molar-refractivity contribution is 6.39. The number of ketones is 3. The summed E-state index contributed by atoms with van der Waals surface area (Å²) in [5.41, 5.74) is 1.27. The quantitative estimate of drug-likeness (QED) is 0.156. The molecule has 65 heavy (non-hydrogen) atoms. The van der Waals surface area contributed by atoms with Gasteiger partial charge in [-0.05, 0) is 107 Å². The summed E-state index contributed by atoms with van der Waals surface area (Å²) in [5, 5.41) is 33.8. The maximum absolute atomic E-state index is 14.4. The third-order valence-electron chi connectivity index (χ3n) is 14.5. The van der Waals surface area contributed by atoms with Crippen LogP contribution in [0.25, 0.3) is 0 Å². The molecule has 366 valence electrons. The van der Waals surface area contributed by atoms with E-state index in [1.807, 2.05) is 58.1 Å². The second-order valence-corrected chi connectivity index (χ2v) is 19.6. The zero-order chi connectivity index (χ0) is 48.2. The van der Waals surface area contributed by atoms with Gasteiger partial charge in [-0.2, -0.15) is 0 Å². The normalized spacial score (nSPS) is 40.4. The van der Waals surface area contributed by atoms with Gasteiger partial charge in [0.15, 0.2) is 5.78 Å². The number of rotatable bonds is 6. The molecule has 0 aromatic rings. The second-order valence-electron chi connectivity index (χ2n) is 19.6. The van der Waals surface area contributed by atoms with Crippen LogP contribution in [-0.2, 0) is 47.7 Å². The van der Waals surface area contributed by atoms with Gasteiger partial charge in [0, 0.05) is 58.5 Å². The van der Waals surface area contributed by atoms with E-state index in [0.29, 0.717) is 63.4 Å². The van der Waals surface area contributed by atoms with Crippen molar-refractivity contribution >= 4 is 29.2 Å². The molecule has 4 rings (SSSR count). The largest absolute Gasteiger partial charge is 0.460 e. The number of amides is 1. The lowest BCUT2D eigenvalue weighted by atomic mass is 9.78. The molecule has 3 fully saturated rings. The van der Waals surface area contributed by atoms with Crippen molar-refractivity contribution in [3.05, 3.63) is 47.6 Å². The molecule has 2 bridgehead atoms. The number of hydrogen-bond donors (Lipinski definition) is 3. The predicted molar refractivity (Wildman–Crippen MR) is 245 cm³/mol. The zero-order valence-corrected chi connectivity index (χ0v) is 40.6. The van der Waals surface area contributed by atoms with Gasteiger partial charge in [-0.3, -0.25) is 19.2 Å². The summed E-state index contributed by atoms with van der Waals surface area (Å²) in [5.74, 6) is -7.96. The first kappa shape index (κ1) is 54.2. The Balaban J connectivity index is 1.70. The number of esters is 1. The number of ether oxygens (including phenoxy) is 5. The second kappa shape index (κ2) is 25.1. The number of hydrogen-bond acceptors (Lipinski definition) is 13. The molecular formula is C51H79NO13. The number of nitrogens with zero attached hydrogens (tertiary/aromatic N) is 1. The fraction of sp³-hybridized carbons (Fsp3) is 0.745. The Morgan fingerprint density at radius 1 is 0.846 bits per heavy atom. The highest BCUT2D eigenvalue weighted by Crippen LogP contribution is 2.38. The number of methoxy groups -OCH3 is 3. The van der Waals surface area contributed by atoms with Crippen LogP contribution in [0.5, 0.6) is 0 Å². The van der Waals surface area contributed by atoms with Crippen LogP contribution < -0.4 is 0 Å². The van der Waals surface area contributed by atoms with E-state index in [0.717, 1.165) is 12.0 Å². The molecule has 0 spiro atoms. The number of carbonyl (C=O) groups excluding carboxylic acids is 5. The van der Waals surface area contributed by atoms with Gasteiger partial charge >= 0.3 is 5.97 Å². The van der Waals surface area contributed by atoms with Crippen molar-refractivity contribution in [1.29, 1.82) is 0 Å². The third-order valence-corrected chi connectivity index (χ3v) is 14.5. The summed E-state index contributed by atoms with van der Waals surface area (Å²) in [7, 11) is 4.52. The Labute approximate surface area is 387 Å². The lowest BCUT2D eigenvalue weighted by Crippen LogP contribution is -2.61. The number of aliphatic hydroxyl groups is 3. The van der Waals surface area contributed by atoms with Gasteiger partial charge in [0.05, 0.1) is 24.4 Å². The summed E-state index contributed by atoms with van der Waals surface area (Å²) >= 11 is 0. The molecule has 1 amide bonds. The van der Waals surface area contributed by atoms with Crippen molar-refractivity contribution in [1.82, 2.24) is 4.90 Å². The van der Waals surface area contributed by atoms with Crippen molar-refractivity contribution in [2.24, 2.45) is 35.5 Å². The van der Waals surface area contributed by atoms with Crippen molar-refractivity contribution in [3.8, 4) is 0 Å². The van der Waals surface area contributed by atoms with Crippen LogP contribution in [0.2, 0.25) is 0 Å². The summed E-state index contributed by atoms with van der Waals surface area (Å²) < 4.78 is 29.4. The Bertz CT molecular complexity index is 1760. The van der Waals surface area contributed by atoms with Gasteiger partial charge in [-0.15, -0.1) is 0 Å². The molecule has 2 saturated heterocycles. The van der Waals surface area contributed by atoms with E-state index in [-0.39, 0.29) is 54.8 Å². The van der Waals surface area contributed by atoms with Crippen LogP contribution in [0.3, 0.4) is 0 Å². The number of aliphatic hydroxyl groups excluding tert-OH is 2. The molecular weight excluding hydrogens is 835 g/mol. The first-order valence-electron chi connectivity index (χ1n) is 23.9. The minimum atomic E-state index is -2.43. The smallest absolute Gasteiger partial charge is 0.329 e. The van der Waals surface area contributed by atoms with E-state index in [9.17, 15) is 39.3 Å². The molecule has 4 aliphatic rings. The van der Waals surface area contributed by atoms with E-state index >= 15 is 0 Å². The molecule has 6 unspecified atom stereocenters. The fourth-order valence-corrected chi connectivity index (χ4v) is 10.1. The summed E-state index contributed by atoms with van der Waals surface area (Å²) in [6.45, 7) is 12.7. The Hall–Kier alpha value is -3.37. The van der Waals surface area contributed by atoms with Gasteiger partial charge in [-0.25, -0.2) is 4.79 Å². The number of fused-ring (bicyclic) bond motifs is 3. The Morgan fingerprint density at radius 3 is 2.25 bits per heavy atom. The standard InChI is InChI=1S/C51H79NO13/c1-30-16-12-11-13-17-31(2)42(61-8)28-38-21-19-36(7)51(60,65-38)48(57)49(58)52-23-15-14-18-39(52)50(59)64-43(33(4)26-37-20-22-40(53)44(27-37)62-9)29-41(54)32(3)25-35(6)46(56)47(63-10)45(55)34(5)24-30/h11-13,16-17,25,30,32-34,36-40,42-44,46-47,53,56,60H,14-15,18-24,26-29H2,1-10H3/b13-11+,16-12+,31-17+,35-25+/t30?,32?,33-,34-,36-,37?,38+,39?,40?,42+,43+,44?,46-,47+,51-/m1/s1. The van der Waals surface area contributed by atoms with Crippen molar-refractivity contribution in [2.45, 2.75) is 180 Å².